The Labute approximate surface area is 54.9 Å². The molecule has 1 rings (SSSR count). The van der Waals surface area contributed by atoms with Crippen molar-refractivity contribution in [1.82, 2.24) is 5.32 Å². The van der Waals surface area contributed by atoms with Crippen LogP contribution in [0.4, 0.5) is 0 Å². The van der Waals surface area contributed by atoms with Gasteiger partial charge in [-0.25, -0.2) is 0 Å². The lowest BCUT2D eigenvalue weighted by molar-refractivity contribution is -0.116. The van der Waals surface area contributed by atoms with Crippen LogP contribution in [0.3, 0.4) is 0 Å². The van der Waals surface area contributed by atoms with Gasteiger partial charge in [0.2, 0.25) is 5.91 Å². The van der Waals surface area contributed by atoms with E-state index in [1.807, 2.05) is 20.8 Å². The van der Waals surface area contributed by atoms with E-state index in [1.54, 1.807) is 0 Å². The number of carbonyl (C=O) groups excluding carboxylic acids is 1. The molecule has 1 atom stereocenters. The van der Waals surface area contributed by atoms with Crippen molar-refractivity contribution in [3.63, 3.8) is 0 Å². The van der Waals surface area contributed by atoms with Crippen LogP contribution in [-0.2, 0) is 4.79 Å². The summed E-state index contributed by atoms with van der Waals surface area (Å²) in [6.45, 7) is 5.83. The van der Waals surface area contributed by atoms with Crippen LogP contribution in [0.15, 0.2) is 11.1 Å². The zero-order valence-electron chi connectivity index (χ0n) is 5.99. The molecule has 1 aliphatic heterocycles. The van der Waals surface area contributed by atoms with Crippen molar-refractivity contribution in [1.29, 1.82) is 0 Å². The Bertz CT molecular complexity index is 181. The van der Waals surface area contributed by atoms with Crippen molar-refractivity contribution in [2.24, 2.45) is 0 Å². The lowest BCUT2D eigenvalue weighted by Gasteiger charge is -2.01. The van der Waals surface area contributed by atoms with Crippen LogP contribution in [-0.4, -0.2) is 11.9 Å². The Morgan fingerprint density at radius 2 is 2.00 bits per heavy atom. The molecule has 1 unspecified atom stereocenters. The molecular weight excluding hydrogens is 114 g/mol. The van der Waals surface area contributed by atoms with E-state index in [4.69, 9.17) is 0 Å². The molecule has 0 aromatic rings. The zero-order valence-corrected chi connectivity index (χ0v) is 5.99. The minimum absolute atomic E-state index is 0.0833. The molecule has 0 aromatic heterocycles. The molecule has 0 spiro atoms. The van der Waals surface area contributed by atoms with Gasteiger partial charge in [-0.1, -0.05) is 0 Å². The molecule has 0 saturated carbocycles. The summed E-state index contributed by atoms with van der Waals surface area (Å²) in [7, 11) is 0. The van der Waals surface area contributed by atoms with Gasteiger partial charge in [0.1, 0.15) is 0 Å². The van der Waals surface area contributed by atoms with Crippen LogP contribution in [0.25, 0.3) is 0 Å². The second-order valence-electron chi connectivity index (χ2n) is 2.50. The number of carbonyl (C=O) groups is 1. The van der Waals surface area contributed by atoms with Gasteiger partial charge in [-0.2, -0.15) is 0 Å². The summed E-state index contributed by atoms with van der Waals surface area (Å²) in [4.78, 5) is 10.8. The Hall–Kier alpha value is -0.790. The largest absolute Gasteiger partial charge is 0.346 e. The van der Waals surface area contributed by atoms with Gasteiger partial charge in [0, 0.05) is 11.6 Å². The predicted octanol–water partition coefficient (Wildman–Crippen LogP) is 0.841. The number of nitrogens with one attached hydrogen (secondary N) is 1. The molecule has 0 fully saturated rings. The van der Waals surface area contributed by atoms with Crippen LogP contribution >= 0.6 is 0 Å². The highest BCUT2D eigenvalue weighted by Gasteiger charge is 2.20. The summed E-state index contributed by atoms with van der Waals surface area (Å²) in [6.07, 6.45) is 0. The Balaban J connectivity index is 2.92. The van der Waals surface area contributed by atoms with Gasteiger partial charge in [-0.15, -0.1) is 0 Å². The summed E-state index contributed by atoms with van der Waals surface area (Å²) in [5, 5.41) is 2.80. The Kier molecular flexibility index (Phi) is 1.31. The summed E-state index contributed by atoms with van der Waals surface area (Å²) in [5.74, 6) is 0.0833. The van der Waals surface area contributed by atoms with Gasteiger partial charge in [0.05, 0.1) is 0 Å². The van der Waals surface area contributed by atoms with Crippen LogP contribution in [0.1, 0.15) is 20.8 Å². The first-order chi connectivity index (χ1) is 4.13. The molecule has 2 nitrogen and oxygen atoms in total. The van der Waals surface area contributed by atoms with E-state index in [1.165, 1.54) is 5.57 Å². The van der Waals surface area contributed by atoms with E-state index in [9.17, 15) is 4.79 Å². The smallest absolute Gasteiger partial charge is 0.247 e. The van der Waals surface area contributed by atoms with Crippen molar-refractivity contribution in [2.45, 2.75) is 26.8 Å². The maximum absolute atomic E-state index is 10.8. The standard InChI is InChI=1S/C7H11NO/c1-4-5(2)7(9)8-6(4)3/h6H,1-3H3,(H,8,9). The normalized spacial score (nSPS) is 27.0. The fourth-order valence-corrected chi connectivity index (χ4v) is 0.917. The molecule has 1 amide bonds. The predicted molar refractivity (Wildman–Crippen MR) is 36.0 cm³/mol. The topological polar surface area (TPSA) is 29.1 Å². The third kappa shape index (κ3) is 0.846. The van der Waals surface area contributed by atoms with Crippen LogP contribution in [0.5, 0.6) is 0 Å². The van der Waals surface area contributed by atoms with E-state index in [0.29, 0.717) is 0 Å². The van der Waals surface area contributed by atoms with Gasteiger partial charge in [-0.05, 0) is 26.3 Å². The van der Waals surface area contributed by atoms with Gasteiger partial charge in [-0.3, -0.25) is 4.79 Å². The van der Waals surface area contributed by atoms with Gasteiger partial charge >= 0.3 is 0 Å². The summed E-state index contributed by atoms with van der Waals surface area (Å²) >= 11 is 0. The molecule has 0 aromatic carbocycles. The highest BCUT2D eigenvalue weighted by Crippen LogP contribution is 2.14. The molecule has 0 saturated heterocycles. The van der Waals surface area contributed by atoms with Crippen LogP contribution in [0, 0.1) is 0 Å². The second-order valence-corrected chi connectivity index (χ2v) is 2.50. The highest BCUT2D eigenvalue weighted by atomic mass is 16.2. The summed E-state index contributed by atoms with van der Waals surface area (Å²) in [5.41, 5.74) is 2.04. The monoisotopic (exact) mass is 125 g/mol. The van der Waals surface area contributed by atoms with E-state index >= 15 is 0 Å². The van der Waals surface area contributed by atoms with Crippen molar-refractivity contribution in [3.8, 4) is 0 Å². The zero-order chi connectivity index (χ0) is 7.02. The molecule has 1 N–H and O–H groups in total. The van der Waals surface area contributed by atoms with Crippen molar-refractivity contribution < 1.29 is 4.79 Å². The molecule has 1 aliphatic rings. The van der Waals surface area contributed by atoms with E-state index in [0.717, 1.165) is 5.57 Å². The van der Waals surface area contributed by atoms with E-state index < -0.39 is 0 Å². The number of rotatable bonds is 0. The quantitative estimate of drug-likeness (QED) is 0.510. The third-order valence-electron chi connectivity index (χ3n) is 1.93. The number of hydrogen-bond acceptors (Lipinski definition) is 1. The lowest BCUT2D eigenvalue weighted by Crippen LogP contribution is -2.25. The SMILES string of the molecule is CC1=C(C)C(C)NC1=O. The highest BCUT2D eigenvalue weighted by molar-refractivity contribution is 5.96. The minimum atomic E-state index is 0.0833. The van der Waals surface area contributed by atoms with Crippen molar-refractivity contribution in [3.05, 3.63) is 11.1 Å². The fraction of sp³-hybridized carbons (Fsp3) is 0.571. The van der Waals surface area contributed by atoms with Crippen molar-refractivity contribution in [2.75, 3.05) is 0 Å². The van der Waals surface area contributed by atoms with Crippen LogP contribution < -0.4 is 5.32 Å². The minimum Gasteiger partial charge on any atom is -0.346 e. The Morgan fingerprint density at radius 1 is 1.44 bits per heavy atom. The average Bonchev–Trinajstić information content (AvgIpc) is 1.98. The fourth-order valence-electron chi connectivity index (χ4n) is 0.917. The third-order valence-corrected chi connectivity index (χ3v) is 1.93. The van der Waals surface area contributed by atoms with Gasteiger partial charge in [0.15, 0.2) is 0 Å². The molecule has 1 heterocycles. The average molecular weight is 125 g/mol. The molecule has 0 radical (unpaired) electrons. The van der Waals surface area contributed by atoms with E-state index in [2.05, 4.69) is 5.32 Å². The molecule has 0 bridgehead atoms. The first-order valence-corrected chi connectivity index (χ1v) is 3.11. The van der Waals surface area contributed by atoms with Gasteiger partial charge < -0.3 is 5.32 Å². The van der Waals surface area contributed by atoms with Crippen molar-refractivity contribution >= 4 is 5.91 Å². The van der Waals surface area contributed by atoms with E-state index in [-0.39, 0.29) is 11.9 Å². The molecule has 9 heavy (non-hydrogen) atoms. The lowest BCUT2D eigenvalue weighted by atomic mass is 10.1. The maximum Gasteiger partial charge on any atom is 0.247 e. The first kappa shape index (κ1) is 6.33. The molecular formula is C7H11NO. The first-order valence-electron chi connectivity index (χ1n) is 3.11. The molecule has 2 heteroatoms. The van der Waals surface area contributed by atoms with Gasteiger partial charge in [0.25, 0.3) is 0 Å². The molecule has 50 valence electrons. The number of amides is 1. The Morgan fingerprint density at radius 3 is 2.11 bits per heavy atom. The maximum atomic E-state index is 10.8. The summed E-state index contributed by atoms with van der Waals surface area (Å²) in [6, 6.07) is 0.248. The summed E-state index contributed by atoms with van der Waals surface area (Å²) < 4.78 is 0. The molecule has 0 aliphatic carbocycles. The number of hydrogen-bond donors (Lipinski definition) is 1. The van der Waals surface area contributed by atoms with Crippen LogP contribution in [0.2, 0.25) is 0 Å². The second kappa shape index (κ2) is 1.87.